The van der Waals surface area contributed by atoms with E-state index in [9.17, 15) is 0 Å². The van der Waals surface area contributed by atoms with Crippen LogP contribution in [0.15, 0.2) is 36.7 Å². The fourth-order valence-electron chi connectivity index (χ4n) is 1.91. The molecule has 70 valence electrons. The molecule has 2 rings (SSSR count). The van der Waals surface area contributed by atoms with Crippen LogP contribution in [0.1, 0.15) is 6.42 Å². The first-order valence-corrected chi connectivity index (χ1v) is 4.74. The van der Waals surface area contributed by atoms with Gasteiger partial charge in [-0.1, -0.05) is 24.3 Å². The van der Waals surface area contributed by atoms with E-state index in [1.165, 1.54) is 6.42 Å². The van der Waals surface area contributed by atoms with Gasteiger partial charge in [0.2, 0.25) is 0 Å². The second-order valence-electron chi connectivity index (χ2n) is 3.78. The standard InChI is InChI=1S/C11H16N2/c1-12-7-8-13(2)11(12)9-10-5-3-4-6-10/h3-8,10-11H,9H2,1-2H3. The van der Waals surface area contributed by atoms with Gasteiger partial charge >= 0.3 is 0 Å². The van der Waals surface area contributed by atoms with Gasteiger partial charge in [0.15, 0.2) is 0 Å². The highest BCUT2D eigenvalue weighted by Crippen LogP contribution is 2.22. The van der Waals surface area contributed by atoms with E-state index in [1.54, 1.807) is 0 Å². The highest BCUT2D eigenvalue weighted by atomic mass is 15.4. The smallest absolute Gasteiger partial charge is 0.101 e. The molecule has 0 aromatic heterocycles. The van der Waals surface area contributed by atoms with Gasteiger partial charge in [0, 0.05) is 26.5 Å². The van der Waals surface area contributed by atoms with Gasteiger partial charge in [0.05, 0.1) is 0 Å². The zero-order valence-electron chi connectivity index (χ0n) is 8.22. The van der Waals surface area contributed by atoms with Gasteiger partial charge in [-0.25, -0.2) is 0 Å². The average Bonchev–Trinajstić information content (AvgIpc) is 2.70. The molecule has 0 atom stereocenters. The van der Waals surface area contributed by atoms with Crippen LogP contribution >= 0.6 is 0 Å². The Bertz CT molecular complexity index is 241. The molecule has 0 saturated carbocycles. The third-order valence-corrected chi connectivity index (χ3v) is 2.79. The van der Waals surface area contributed by atoms with Gasteiger partial charge in [-0.2, -0.15) is 0 Å². The fraction of sp³-hybridized carbons (Fsp3) is 0.455. The normalized spacial score (nSPS) is 22.6. The molecule has 0 unspecified atom stereocenters. The molecule has 0 amide bonds. The zero-order valence-corrected chi connectivity index (χ0v) is 8.22. The van der Waals surface area contributed by atoms with Crippen LogP contribution in [0.2, 0.25) is 0 Å². The summed E-state index contributed by atoms with van der Waals surface area (Å²) in [6.07, 6.45) is 14.8. The highest BCUT2D eigenvalue weighted by Gasteiger charge is 2.22. The maximum absolute atomic E-state index is 2.26. The predicted octanol–water partition coefficient (Wildman–Crippen LogP) is 1.79. The molecule has 1 heterocycles. The second kappa shape index (κ2) is 3.29. The molecule has 0 aromatic rings. The predicted molar refractivity (Wildman–Crippen MR) is 54.8 cm³/mol. The number of nitrogens with zero attached hydrogens (tertiary/aromatic N) is 2. The molecule has 2 heteroatoms. The van der Waals surface area contributed by atoms with Gasteiger partial charge in [0.25, 0.3) is 0 Å². The van der Waals surface area contributed by atoms with Crippen molar-refractivity contribution in [3.05, 3.63) is 36.7 Å². The molecule has 1 aliphatic heterocycles. The summed E-state index contributed by atoms with van der Waals surface area (Å²) in [6.45, 7) is 0. The molecule has 0 fully saturated rings. The molecule has 0 N–H and O–H groups in total. The van der Waals surface area contributed by atoms with E-state index in [0.29, 0.717) is 12.1 Å². The minimum Gasteiger partial charge on any atom is -0.359 e. The summed E-state index contributed by atoms with van der Waals surface area (Å²) in [5.74, 6) is 0.620. The van der Waals surface area contributed by atoms with Crippen molar-refractivity contribution in [2.75, 3.05) is 14.1 Å². The summed E-state index contributed by atoms with van der Waals surface area (Å²) in [6, 6.07) is 0. The van der Waals surface area contributed by atoms with Crippen LogP contribution in [0.4, 0.5) is 0 Å². The average molecular weight is 176 g/mol. The molecular formula is C11H16N2. The van der Waals surface area contributed by atoms with Crippen LogP contribution in [0.3, 0.4) is 0 Å². The SMILES string of the molecule is CN1C=CN(C)C1CC1C=CC=C1. The molecule has 2 aliphatic rings. The summed E-state index contributed by atoms with van der Waals surface area (Å²) in [5.41, 5.74) is 0. The van der Waals surface area contributed by atoms with Crippen molar-refractivity contribution in [1.82, 2.24) is 9.80 Å². The van der Waals surface area contributed by atoms with Crippen molar-refractivity contribution < 1.29 is 0 Å². The molecule has 0 aromatic carbocycles. The van der Waals surface area contributed by atoms with Crippen molar-refractivity contribution >= 4 is 0 Å². The summed E-state index contributed by atoms with van der Waals surface area (Å²) >= 11 is 0. The van der Waals surface area contributed by atoms with Crippen molar-refractivity contribution in [3.8, 4) is 0 Å². The third-order valence-electron chi connectivity index (χ3n) is 2.79. The van der Waals surface area contributed by atoms with Crippen LogP contribution < -0.4 is 0 Å². The summed E-state index contributed by atoms with van der Waals surface area (Å²) in [4.78, 5) is 4.53. The van der Waals surface area contributed by atoms with E-state index < -0.39 is 0 Å². The lowest BCUT2D eigenvalue weighted by Crippen LogP contribution is -2.35. The van der Waals surface area contributed by atoms with E-state index >= 15 is 0 Å². The first kappa shape index (κ1) is 8.42. The lowest BCUT2D eigenvalue weighted by molar-refractivity contribution is 0.184. The largest absolute Gasteiger partial charge is 0.359 e. The fourth-order valence-corrected chi connectivity index (χ4v) is 1.91. The molecule has 2 nitrogen and oxygen atoms in total. The minimum atomic E-state index is 0.525. The number of allylic oxidation sites excluding steroid dienone is 4. The van der Waals surface area contributed by atoms with Crippen molar-refractivity contribution in [1.29, 1.82) is 0 Å². The summed E-state index contributed by atoms with van der Waals surface area (Å²) < 4.78 is 0. The van der Waals surface area contributed by atoms with E-state index in [0.717, 1.165) is 0 Å². The summed E-state index contributed by atoms with van der Waals surface area (Å²) in [5, 5.41) is 0. The maximum atomic E-state index is 2.26. The Morgan fingerprint density at radius 2 is 1.54 bits per heavy atom. The minimum absolute atomic E-state index is 0.525. The zero-order chi connectivity index (χ0) is 9.26. The van der Waals surface area contributed by atoms with E-state index in [1.807, 2.05) is 0 Å². The highest BCUT2D eigenvalue weighted by molar-refractivity contribution is 5.18. The van der Waals surface area contributed by atoms with Crippen LogP contribution in [0, 0.1) is 5.92 Å². The lowest BCUT2D eigenvalue weighted by atomic mass is 10.1. The van der Waals surface area contributed by atoms with Gasteiger partial charge in [-0.3, -0.25) is 0 Å². The Morgan fingerprint density at radius 1 is 1.00 bits per heavy atom. The molecule has 0 saturated heterocycles. The number of hydrogen-bond acceptors (Lipinski definition) is 2. The Morgan fingerprint density at radius 3 is 2.08 bits per heavy atom. The molecule has 13 heavy (non-hydrogen) atoms. The van der Waals surface area contributed by atoms with Crippen LogP contribution in [0.5, 0.6) is 0 Å². The maximum Gasteiger partial charge on any atom is 0.101 e. The van der Waals surface area contributed by atoms with Crippen LogP contribution in [-0.4, -0.2) is 30.1 Å². The molecule has 0 spiro atoms. The first-order valence-electron chi connectivity index (χ1n) is 4.74. The van der Waals surface area contributed by atoms with Gasteiger partial charge < -0.3 is 9.80 Å². The third kappa shape index (κ3) is 1.62. The van der Waals surface area contributed by atoms with E-state index in [4.69, 9.17) is 0 Å². The Labute approximate surface area is 79.8 Å². The van der Waals surface area contributed by atoms with Gasteiger partial charge in [-0.15, -0.1) is 0 Å². The monoisotopic (exact) mass is 176 g/mol. The molecule has 0 radical (unpaired) electrons. The van der Waals surface area contributed by atoms with Gasteiger partial charge in [-0.05, 0) is 12.3 Å². The van der Waals surface area contributed by atoms with Crippen molar-refractivity contribution in [2.24, 2.45) is 5.92 Å². The second-order valence-corrected chi connectivity index (χ2v) is 3.78. The molecule has 1 aliphatic carbocycles. The quantitative estimate of drug-likeness (QED) is 0.633. The van der Waals surface area contributed by atoms with E-state index in [-0.39, 0.29) is 0 Å². The van der Waals surface area contributed by atoms with Crippen LogP contribution in [-0.2, 0) is 0 Å². The molecule has 0 bridgehead atoms. The summed E-state index contributed by atoms with van der Waals surface area (Å²) in [7, 11) is 4.26. The van der Waals surface area contributed by atoms with Crippen LogP contribution in [0.25, 0.3) is 0 Å². The van der Waals surface area contributed by atoms with E-state index in [2.05, 4.69) is 60.6 Å². The Hall–Kier alpha value is -1.18. The Balaban J connectivity index is 1.94. The number of hydrogen-bond donors (Lipinski definition) is 0. The van der Waals surface area contributed by atoms with Crippen molar-refractivity contribution in [3.63, 3.8) is 0 Å². The van der Waals surface area contributed by atoms with Gasteiger partial charge in [0.1, 0.15) is 6.17 Å². The number of rotatable bonds is 2. The Kier molecular flexibility index (Phi) is 2.13. The van der Waals surface area contributed by atoms with Crippen molar-refractivity contribution in [2.45, 2.75) is 12.6 Å². The topological polar surface area (TPSA) is 6.48 Å². The first-order chi connectivity index (χ1) is 6.27. The lowest BCUT2D eigenvalue weighted by Gasteiger charge is -2.28. The molecular weight excluding hydrogens is 160 g/mol.